The summed E-state index contributed by atoms with van der Waals surface area (Å²) in [6, 6.07) is 6.79. The van der Waals surface area contributed by atoms with Gasteiger partial charge in [-0.2, -0.15) is 0 Å². The van der Waals surface area contributed by atoms with E-state index < -0.39 is 12.0 Å². The molecular formula is C17H20N2O4. The van der Waals surface area contributed by atoms with Crippen LogP contribution in [0.3, 0.4) is 0 Å². The fourth-order valence-corrected chi connectivity index (χ4v) is 2.31. The van der Waals surface area contributed by atoms with Crippen LogP contribution in [0.25, 0.3) is 10.8 Å². The molecule has 0 radical (unpaired) electrons. The van der Waals surface area contributed by atoms with Gasteiger partial charge in [-0.3, -0.25) is 14.4 Å². The average molecular weight is 316 g/mol. The standard InChI is InChI=1S/C17H20N2O4/c1-5-19-10-9-12-13(16(19)21)7-6-8-14(12)23-15(11(2)20)17(22)18(3)4/h6-10,15H,5H2,1-4H3. The Morgan fingerprint density at radius 3 is 2.48 bits per heavy atom. The number of ether oxygens (including phenoxy) is 1. The molecule has 6 heteroatoms. The van der Waals surface area contributed by atoms with E-state index in [1.54, 1.807) is 49.1 Å². The van der Waals surface area contributed by atoms with Gasteiger partial charge in [0.05, 0.1) is 5.39 Å². The Bertz CT molecular complexity index is 808. The average Bonchev–Trinajstić information content (AvgIpc) is 2.52. The van der Waals surface area contributed by atoms with Crippen molar-refractivity contribution in [2.45, 2.75) is 26.5 Å². The highest BCUT2D eigenvalue weighted by atomic mass is 16.5. The van der Waals surface area contributed by atoms with Crippen molar-refractivity contribution in [2.75, 3.05) is 14.1 Å². The number of benzene rings is 1. The first kappa shape index (κ1) is 16.7. The van der Waals surface area contributed by atoms with Crippen LogP contribution >= 0.6 is 0 Å². The number of rotatable bonds is 5. The van der Waals surface area contributed by atoms with Gasteiger partial charge >= 0.3 is 0 Å². The fraction of sp³-hybridized carbons (Fsp3) is 0.353. The number of pyridine rings is 1. The lowest BCUT2D eigenvalue weighted by Crippen LogP contribution is -2.42. The van der Waals surface area contributed by atoms with Crippen LogP contribution in [0.15, 0.2) is 35.3 Å². The van der Waals surface area contributed by atoms with Gasteiger partial charge in [-0.25, -0.2) is 0 Å². The maximum absolute atomic E-state index is 12.3. The molecule has 122 valence electrons. The van der Waals surface area contributed by atoms with E-state index in [0.717, 1.165) is 0 Å². The van der Waals surface area contributed by atoms with Gasteiger partial charge in [-0.15, -0.1) is 0 Å². The van der Waals surface area contributed by atoms with Crippen molar-refractivity contribution in [3.63, 3.8) is 0 Å². The van der Waals surface area contributed by atoms with Crippen LogP contribution < -0.4 is 10.3 Å². The molecule has 1 unspecified atom stereocenters. The van der Waals surface area contributed by atoms with Gasteiger partial charge < -0.3 is 14.2 Å². The Hall–Kier alpha value is -2.63. The molecule has 1 aromatic heterocycles. The highest BCUT2D eigenvalue weighted by molar-refractivity contribution is 6.03. The summed E-state index contributed by atoms with van der Waals surface area (Å²) >= 11 is 0. The molecule has 6 nitrogen and oxygen atoms in total. The number of amides is 1. The molecule has 0 saturated heterocycles. The van der Waals surface area contributed by atoms with Gasteiger partial charge in [-0.1, -0.05) is 6.07 Å². The topological polar surface area (TPSA) is 68.6 Å². The van der Waals surface area contributed by atoms with Gasteiger partial charge in [0, 0.05) is 32.2 Å². The molecule has 2 aromatic rings. The maximum atomic E-state index is 12.3. The summed E-state index contributed by atoms with van der Waals surface area (Å²) in [5, 5.41) is 1.08. The lowest BCUT2D eigenvalue weighted by molar-refractivity contribution is -0.142. The first-order valence-electron chi connectivity index (χ1n) is 7.37. The number of nitrogens with zero attached hydrogens (tertiary/aromatic N) is 2. The van der Waals surface area contributed by atoms with Gasteiger partial charge in [0.1, 0.15) is 5.75 Å². The molecule has 0 saturated carbocycles. The van der Waals surface area contributed by atoms with Crippen molar-refractivity contribution < 1.29 is 14.3 Å². The van der Waals surface area contributed by atoms with E-state index >= 15 is 0 Å². The molecule has 0 spiro atoms. The Kier molecular flexibility index (Phi) is 4.83. The number of aryl methyl sites for hydroxylation is 1. The molecule has 0 aliphatic rings. The third kappa shape index (κ3) is 3.26. The molecular weight excluding hydrogens is 296 g/mol. The van der Waals surface area contributed by atoms with Crippen molar-refractivity contribution in [1.82, 2.24) is 9.47 Å². The number of likely N-dealkylation sites (N-methyl/N-ethyl adjacent to an activating group) is 1. The van der Waals surface area contributed by atoms with E-state index in [2.05, 4.69) is 0 Å². The first-order chi connectivity index (χ1) is 10.9. The Labute approximate surface area is 134 Å². The SMILES string of the molecule is CCn1ccc2c(OC(C(C)=O)C(=O)N(C)C)cccc2c1=O. The van der Waals surface area contributed by atoms with Gasteiger partial charge in [0.25, 0.3) is 11.5 Å². The summed E-state index contributed by atoms with van der Waals surface area (Å²) in [5.41, 5.74) is -0.131. The molecule has 0 fully saturated rings. The maximum Gasteiger partial charge on any atom is 0.270 e. The minimum Gasteiger partial charge on any atom is -0.472 e. The molecule has 2 rings (SSSR count). The third-order valence-corrected chi connectivity index (χ3v) is 3.60. The highest BCUT2D eigenvalue weighted by Gasteiger charge is 2.27. The first-order valence-corrected chi connectivity index (χ1v) is 7.37. The molecule has 1 aromatic carbocycles. The second-order valence-electron chi connectivity index (χ2n) is 5.47. The Morgan fingerprint density at radius 2 is 1.91 bits per heavy atom. The van der Waals surface area contributed by atoms with Crippen LogP contribution in [-0.2, 0) is 16.1 Å². The van der Waals surface area contributed by atoms with Crippen molar-refractivity contribution >= 4 is 22.5 Å². The van der Waals surface area contributed by atoms with E-state index in [1.807, 2.05) is 6.92 Å². The van der Waals surface area contributed by atoms with Crippen molar-refractivity contribution in [3.8, 4) is 5.75 Å². The zero-order valence-electron chi connectivity index (χ0n) is 13.7. The van der Waals surface area contributed by atoms with Crippen LogP contribution in [0, 0.1) is 0 Å². The molecule has 0 aliphatic carbocycles. The van der Waals surface area contributed by atoms with Crippen LogP contribution in [0.5, 0.6) is 5.75 Å². The molecule has 0 bridgehead atoms. The minimum atomic E-state index is -1.22. The molecule has 0 N–H and O–H groups in total. The molecule has 1 amide bonds. The van der Waals surface area contributed by atoms with E-state index in [4.69, 9.17) is 4.74 Å². The number of aromatic nitrogens is 1. The highest BCUT2D eigenvalue weighted by Crippen LogP contribution is 2.24. The zero-order valence-corrected chi connectivity index (χ0v) is 13.7. The van der Waals surface area contributed by atoms with Crippen LogP contribution in [0.4, 0.5) is 0 Å². The fourth-order valence-electron chi connectivity index (χ4n) is 2.31. The smallest absolute Gasteiger partial charge is 0.270 e. The van der Waals surface area contributed by atoms with Crippen LogP contribution in [-0.4, -0.2) is 41.4 Å². The van der Waals surface area contributed by atoms with Gasteiger partial charge in [-0.05, 0) is 32.0 Å². The Morgan fingerprint density at radius 1 is 1.22 bits per heavy atom. The lowest BCUT2D eigenvalue weighted by Gasteiger charge is -2.20. The monoisotopic (exact) mass is 316 g/mol. The predicted molar refractivity (Wildman–Crippen MR) is 87.7 cm³/mol. The number of ketones is 1. The van der Waals surface area contributed by atoms with Crippen molar-refractivity contribution in [3.05, 3.63) is 40.8 Å². The molecule has 0 aliphatic heterocycles. The third-order valence-electron chi connectivity index (χ3n) is 3.60. The summed E-state index contributed by atoms with van der Waals surface area (Å²) in [7, 11) is 3.12. The van der Waals surface area contributed by atoms with Crippen molar-refractivity contribution in [2.24, 2.45) is 0 Å². The molecule has 23 heavy (non-hydrogen) atoms. The summed E-state index contributed by atoms with van der Waals surface area (Å²) < 4.78 is 7.23. The van der Waals surface area contributed by atoms with E-state index in [0.29, 0.717) is 23.1 Å². The number of hydrogen-bond donors (Lipinski definition) is 0. The summed E-state index contributed by atoms with van der Waals surface area (Å²) in [5.74, 6) is -0.475. The van der Waals surface area contributed by atoms with E-state index in [-0.39, 0.29) is 11.3 Å². The van der Waals surface area contributed by atoms with Crippen molar-refractivity contribution in [1.29, 1.82) is 0 Å². The van der Waals surface area contributed by atoms with E-state index in [9.17, 15) is 14.4 Å². The number of hydrogen-bond acceptors (Lipinski definition) is 4. The number of carbonyl (C=O) groups excluding carboxylic acids is 2. The second kappa shape index (κ2) is 6.64. The second-order valence-corrected chi connectivity index (χ2v) is 5.47. The normalized spacial score (nSPS) is 12.0. The number of fused-ring (bicyclic) bond motifs is 1. The minimum absolute atomic E-state index is 0.131. The zero-order chi connectivity index (χ0) is 17.1. The van der Waals surface area contributed by atoms with E-state index in [1.165, 1.54) is 11.8 Å². The van der Waals surface area contributed by atoms with Crippen LogP contribution in [0.1, 0.15) is 13.8 Å². The van der Waals surface area contributed by atoms with Crippen LogP contribution in [0.2, 0.25) is 0 Å². The summed E-state index contributed by atoms with van der Waals surface area (Å²) in [6.07, 6.45) is 0.456. The summed E-state index contributed by atoms with van der Waals surface area (Å²) in [6.45, 7) is 3.76. The molecule has 1 heterocycles. The van der Waals surface area contributed by atoms with Gasteiger partial charge in [0.15, 0.2) is 5.78 Å². The quantitative estimate of drug-likeness (QED) is 0.783. The van der Waals surface area contributed by atoms with Gasteiger partial charge in [0.2, 0.25) is 6.10 Å². The summed E-state index contributed by atoms with van der Waals surface area (Å²) in [4.78, 5) is 37.5. The number of Topliss-reactive ketones (excluding diaryl/α,β-unsaturated/α-hetero) is 1. The molecule has 1 atom stereocenters. The largest absolute Gasteiger partial charge is 0.472 e. The lowest BCUT2D eigenvalue weighted by atomic mass is 10.1. The number of carbonyl (C=O) groups is 2. The Balaban J connectivity index is 2.51. The predicted octanol–water partition coefficient (Wildman–Crippen LogP) is 1.45.